The Labute approximate surface area is 251 Å². The van der Waals surface area contributed by atoms with Crippen molar-refractivity contribution < 1.29 is 37.8 Å². The summed E-state index contributed by atoms with van der Waals surface area (Å²) in [5.41, 5.74) is 2.55. The van der Waals surface area contributed by atoms with Crippen LogP contribution in [0.4, 0.5) is 4.79 Å². The van der Waals surface area contributed by atoms with Crippen molar-refractivity contribution in [3.63, 3.8) is 0 Å². The number of aromatic nitrogens is 1. The molecule has 2 amide bonds. The van der Waals surface area contributed by atoms with Crippen LogP contribution in [0.2, 0.25) is 0 Å². The summed E-state index contributed by atoms with van der Waals surface area (Å²) in [5, 5.41) is 8.60. The minimum absolute atomic E-state index is 0.0241. The van der Waals surface area contributed by atoms with E-state index in [2.05, 4.69) is 20.7 Å². The first-order valence-corrected chi connectivity index (χ1v) is 15.9. The lowest BCUT2D eigenvalue weighted by atomic mass is 10.0. The second-order valence-electron chi connectivity index (χ2n) is 10.4. The van der Waals surface area contributed by atoms with Crippen LogP contribution in [0.5, 0.6) is 0 Å². The summed E-state index contributed by atoms with van der Waals surface area (Å²) in [6.45, 7) is 5.64. The van der Waals surface area contributed by atoms with Crippen molar-refractivity contribution in [2.45, 2.75) is 58.7 Å². The number of para-hydroxylation sites is 1. The molecule has 0 saturated heterocycles. The molecule has 0 aliphatic rings. The first kappa shape index (κ1) is 33.8. The second-order valence-corrected chi connectivity index (χ2v) is 11.9. The van der Waals surface area contributed by atoms with Crippen molar-refractivity contribution in [3.05, 3.63) is 71.9 Å². The van der Waals surface area contributed by atoms with Crippen molar-refractivity contribution in [2.75, 3.05) is 19.8 Å². The lowest BCUT2D eigenvalue weighted by Gasteiger charge is -2.25. The summed E-state index contributed by atoms with van der Waals surface area (Å²) in [6.07, 6.45) is 1.75. The van der Waals surface area contributed by atoms with Crippen LogP contribution in [-0.4, -0.2) is 59.7 Å². The van der Waals surface area contributed by atoms with Gasteiger partial charge < -0.3 is 30.0 Å². The smallest absolute Gasteiger partial charge is 0.407 e. The number of amides is 2. The van der Waals surface area contributed by atoms with E-state index in [4.69, 9.17) is 14.0 Å². The summed E-state index contributed by atoms with van der Waals surface area (Å²) in [6, 6.07) is 14.7. The van der Waals surface area contributed by atoms with E-state index in [1.807, 2.05) is 68.4 Å². The van der Waals surface area contributed by atoms with E-state index in [9.17, 15) is 23.8 Å². The molecule has 234 valence electrons. The van der Waals surface area contributed by atoms with Gasteiger partial charge in [-0.1, -0.05) is 62.4 Å². The van der Waals surface area contributed by atoms with Crippen molar-refractivity contribution in [1.29, 1.82) is 0 Å². The van der Waals surface area contributed by atoms with Gasteiger partial charge in [-0.25, -0.2) is 19.2 Å². The summed E-state index contributed by atoms with van der Waals surface area (Å²) < 4.78 is 28.3. The number of fused-ring (bicyclic) bond motifs is 1. The number of carbonyl (C=O) groups is 3. The standard InChI is InChI=1S/C30H41N4O8P/c1-4-40-29(36)27(18-23-19-32-25-14-9-8-13-24(23)25)33-28(35)26(17-21(2)3)34-43(38,39)42-16-10-15-31-30(37)41-20-22-11-6-5-7-12-22/h5-9,11-14,19,21,26-27,32H,4,10,15-18,20H2,1-3H3,(H,31,37)(H,33,35)(H2,34,38,39)/t26-,27-/m0/s1. The maximum atomic E-state index is 13.3. The Kier molecular flexibility index (Phi) is 13.2. The Morgan fingerprint density at radius 3 is 2.44 bits per heavy atom. The molecule has 0 saturated carbocycles. The monoisotopic (exact) mass is 616 g/mol. The fourth-order valence-electron chi connectivity index (χ4n) is 4.38. The number of aromatic amines is 1. The molecule has 3 atom stereocenters. The molecule has 2 aromatic carbocycles. The molecule has 5 N–H and O–H groups in total. The third kappa shape index (κ3) is 11.5. The molecule has 1 unspecified atom stereocenters. The van der Waals surface area contributed by atoms with E-state index in [0.29, 0.717) is 0 Å². The van der Waals surface area contributed by atoms with E-state index in [-0.39, 0.29) is 51.5 Å². The quantitative estimate of drug-likeness (QED) is 0.0848. The van der Waals surface area contributed by atoms with Gasteiger partial charge in [-0.3, -0.25) is 9.32 Å². The molecule has 43 heavy (non-hydrogen) atoms. The van der Waals surface area contributed by atoms with E-state index < -0.39 is 37.8 Å². The third-order valence-corrected chi connectivity index (χ3v) is 7.57. The molecular formula is C30H41N4O8P. The Morgan fingerprint density at radius 1 is 1.00 bits per heavy atom. The van der Waals surface area contributed by atoms with Gasteiger partial charge in [0, 0.05) is 30.1 Å². The van der Waals surface area contributed by atoms with Crippen LogP contribution in [0.15, 0.2) is 60.8 Å². The summed E-state index contributed by atoms with van der Waals surface area (Å²) >= 11 is 0. The van der Waals surface area contributed by atoms with Gasteiger partial charge in [0.05, 0.1) is 19.3 Å². The molecule has 12 nitrogen and oxygen atoms in total. The van der Waals surface area contributed by atoms with Crippen molar-refractivity contribution in [2.24, 2.45) is 5.92 Å². The fraction of sp³-hybridized carbons (Fsp3) is 0.433. The van der Waals surface area contributed by atoms with Crippen LogP contribution in [0, 0.1) is 5.92 Å². The minimum Gasteiger partial charge on any atom is -0.464 e. The zero-order chi connectivity index (χ0) is 31.2. The number of nitrogens with one attached hydrogen (secondary N) is 4. The Hall–Kier alpha value is -3.70. The number of hydrogen-bond acceptors (Lipinski definition) is 7. The van der Waals surface area contributed by atoms with Gasteiger partial charge in [-0.2, -0.15) is 0 Å². The van der Waals surface area contributed by atoms with Crippen LogP contribution in [-0.2, 0) is 41.2 Å². The summed E-state index contributed by atoms with van der Waals surface area (Å²) in [4.78, 5) is 51.6. The first-order valence-electron chi connectivity index (χ1n) is 14.3. The number of alkyl carbamates (subject to hydrolysis) is 1. The predicted octanol–water partition coefficient (Wildman–Crippen LogP) is 4.20. The maximum absolute atomic E-state index is 13.3. The van der Waals surface area contributed by atoms with Gasteiger partial charge in [-0.05, 0) is 42.9 Å². The Balaban J connectivity index is 1.53. The highest BCUT2D eigenvalue weighted by Gasteiger charge is 2.32. The van der Waals surface area contributed by atoms with Crippen LogP contribution in [0.25, 0.3) is 10.9 Å². The SMILES string of the molecule is CCOC(=O)[C@H](Cc1c[nH]c2ccccc12)NC(=O)[C@H](CC(C)C)NP(=O)(O)OCCCNC(=O)OCc1ccccc1. The zero-order valence-corrected chi connectivity index (χ0v) is 25.6. The largest absolute Gasteiger partial charge is 0.464 e. The molecule has 0 fully saturated rings. The lowest BCUT2D eigenvalue weighted by molar-refractivity contribution is -0.147. The van der Waals surface area contributed by atoms with Gasteiger partial charge in [-0.15, -0.1) is 0 Å². The Morgan fingerprint density at radius 2 is 1.72 bits per heavy atom. The first-order chi connectivity index (χ1) is 20.6. The maximum Gasteiger partial charge on any atom is 0.407 e. The van der Waals surface area contributed by atoms with E-state index in [0.717, 1.165) is 22.0 Å². The molecule has 3 aromatic rings. The molecule has 13 heteroatoms. The van der Waals surface area contributed by atoms with Crippen molar-refractivity contribution in [3.8, 4) is 0 Å². The van der Waals surface area contributed by atoms with Crippen molar-refractivity contribution >= 4 is 36.6 Å². The third-order valence-electron chi connectivity index (χ3n) is 6.40. The molecule has 0 aliphatic carbocycles. The minimum atomic E-state index is -4.42. The number of carbonyl (C=O) groups excluding carboxylic acids is 3. The molecule has 0 bridgehead atoms. The number of hydrogen-bond donors (Lipinski definition) is 5. The van der Waals surface area contributed by atoms with E-state index >= 15 is 0 Å². The molecule has 1 aromatic heterocycles. The highest BCUT2D eigenvalue weighted by atomic mass is 31.2. The fourth-order valence-corrected chi connectivity index (χ4v) is 5.45. The average molecular weight is 617 g/mol. The number of ether oxygens (including phenoxy) is 2. The molecule has 0 radical (unpaired) electrons. The predicted molar refractivity (Wildman–Crippen MR) is 162 cm³/mol. The number of esters is 1. The number of H-pyrrole nitrogens is 1. The number of benzene rings is 2. The van der Waals surface area contributed by atoms with Gasteiger partial charge in [0.1, 0.15) is 12.6 Å². The molecule has 0 spiro atoms. The van der Waals surface area contributed by atoms with Crippen LogP contribution in [0.3, 0.4) is 0 Å². The van der Waals surface area contributed by atoms with Gasteiger partial charge in [0.15, 0.2) is 0 Å². The normalized spacial score (nSPS) is 14.1. The highest BCUT2D eigenvalue weighted by molar-refractivity contribution is 7.50. The average Bonchev–Trinajstić information content (AvgIpc) is 3.38. The van der Waals surface area contributed by atoms with E-state index in [1.165, 1.54) is 0 Å². The van der Waals surface area contributed by atoms with Crippen LogP contribution >= 0.6 is 7.75 Å². The Bertz CT molecular complexity index is 1380. The second kappa shape index (κ2) is 16.8. The van der Waals surface area contributed by atoms with E-state index in [1.54, 1.807) is 13.1 Å². The van der Waals surface area contributed by atoms with Crippen LogP contribution < -0.4 is 15.7 Å². The zero-order valence-electron chi connectivity index (χ0n) is 24.7. The number of rotatable bonds is 17. The molecule has 3 rings (SSSR count). The molecule has 0 aliphatic heterocycles. The van der Waals surface area contributed by atoms with Crippen molar-refractivity contribution in [1.82, 2.24) is 20.7 Å². The van der Waals surface area contributed by atoms with Gasteiger partial charge in [0.25, 0.3) is 0 Å². The summed E-state index contributed by atoms with van der Waals surface area (Å²) in [5.74, 6) is -1.26. The van der Waals surface area contributed by atoms with Gasteiger partial charge >= 0.3 is 19.8 Å². The highest BCUT2D eigenvalue weighted by Crippen LogP contribution is 2.38. The molecule has 1 heterocycles. The van der Waals surface area contributed by atoms with Crippen LogP contribution in [0.1, 0.15) is 44.7 Å². The van der Waals surface area contributed by atoms with Gasteiger partial charge in [0.2, 0.25) is 5.91 Å². The summed E-state index contributed by atoms with van der Waals surface area (Å²) in [7, 11) is -4.42. The topological polar surface area (TPSA) is 168 Å². The molecular weight excluding hydrogens is 575 g/mol. The lowest BCUT2D eigenvalue weighted by Crippen LogP contribution is -2.51.